The van der Waals surface area contributed by atoms with Gasteiger partial charge in [0.1, 0.15) is 12.3 Å². The van der Waals surface area contributed by atoms with E-state index in [4.69, 9.17) is 4.74 Å². The average Bonchev–Trinajstić information content (AvgIpc) is 3.18. The Kier molecular flexibility index (Phi) is 5.62. The van der Waals surface area contributed by atoms with Gasteiger partial charge < -0.3 is 15.0 Å². The van der Waals surface area contributed by atoms with Gasteiger partial charge in [-0.2, -0.15) is 0 Å². The van der Waals surface area contributed by atoms with Crippen LogP contribution in [-0.4, -0.2) is 62.5 Å². The van der Waals surface area contributed by atoms with E-state index in [0.717, 1.165) is 12.0 Å². The highest BCUT2D eigenvalue weighted by Crippen LogP contribution is 2.35. The van der Waals surface area contributed by atoms with Gasteiger partial charge in [0, 0.05) is 17.4 Å². The van der Waals surface area contributed by atoms with Gasteiger partial charge in [0.15, 0.2) is 9.84 Å². The normalized spacial score (nSPS) is 21.8. The summed E-state index contributed by atoms with van der Waals surface area (Å²) in [6.45, 7) is 1.81. The summed E-state index contributed by atoms with van der Waals surface area (Å²) in [4.78, 5) is 28.8. The van der Waals surface area contributed by atoms with Crippen LogP contribution in [0.3, 0.4) is 0 Å². The fourth-order valence-corrected chi connectivity index (χ4v) is 6.16. The van der Waals surface area contributed by atoms with Crippen molar-refractivity contribution in [3.05, 3.63) is 54.1 Å². The molecule has 0 saturated carbocycles. The van der Waals surface area contributed by atoms with E-state index in [1.54, 1.807) is 24.3 Å². The van der Waals surface area contributed by atoms with Gasteiger partial charge in [-0.1, -0.05) is 25.1 Å². The number of sulfone groups is 1. The third-order valence-electron chi connectivity index (χ3n) is 5.77. The number of rotatable bonds is 6. The molecule has 2 aromatic carbocycles. The zero-order valence-electron chi connectivity index (χ0n) is 17.4. The second-order valence-electron chi connectivity index (χ2n) is 7.79. The molecule has 0 radical (unpaired) electrons. The van der Waals surface area contributed by atoms with Gasteiger partial charge in [0.25, 0.3) is 0 Å². The third-order valence-corrected chi connectivity index (χ3v) is 7.47. The third kappa shape index (κ3) is 4.23. The Morgan fingerprint density at radius 1 is 1.13 bits per heavy atom. The molecule has 2 heterocycles. The molecule has 4 rings (SSSR count). The Morgan fingerprint density at radius 3 is 2.52 bits per heavy atom. The number of nitrogens with one attached hydrogen (secondary N) is 1. The molecule has 3 amide bonds. The first-order chi connectivity index (χ1) is 14.8. The van der Waals surface area contributed by atoms with Crippen molar-refractivity contribution in [1.82, 2.24) is 4.90 Å². The maximum absolute atomic E-state index is 13.2. The van der Waals surface area contributed by atoms with Gasteiger partial charge in [0.2, 0.25) is 5.91 Å². The maximum Gasteiger partial charge on any atom is 0.325 e. The van der Waals surface area contributed by atoms with Crippen molar-refractivity contribution < 1.29 is 22.7 Å². The van der Waals surface area contributed by atoms with Crippen LogP contribution in [0.4, 0.5) is 16.2 Å². The lowest BCUT2D eigenvalue weighted by Crippen LogP contribution is -2.42. The smallest absolute Gasteiger partial charge is 0.325 e. The van der Waals surface area contributed by atoms with Crippen LogP contribution in [0.1, 0.15) is 12.5 Å². The molecule has 2 atom stereocenters. The maximum atomic E-state index is 13.2. The highest BCUT2D eigenvalue weighted by atomic mass is 32.2. The van der Waals surface area contributed by atoms with Crippen molar-refractivity contribution in [3.63, 3.8) is 0 Å². The first-order valence-corrected chi connectivity index (χ1v) is 12.0. The summed E-state index contributed by atoms with van der Waals surface area (Å²) in [6.07, 6.45) is 0.866. The zero-order valence-corrected chi connectivity index (χ0v) is 18.3. The van der Waals surface area contributed by atoms with Gasteiger partial charge in [-0.05, 0) is 36.2 Å². The number of aryl methyl sites for hydroxylation is 1. The Morgan fingerprint density at radius 2 is 1.84 bits per heavy atom. The molecular formula is C22H25N3O5S. The van der Waals surface area contributed by atoms with Crippen molar-refractivity contribution in [1.29, 1.82) is 0 Å². The number of fused-ring (bicyclic) bond motifs is 1. The SMILES string of the molecule is CCc1ccc(N2C(=O)N(CC(=O)Nc3cccc(OC)c3)[C@@H]3CS(=O)(=O)C[C@@H]32)cc1. The van der Waals surface area contributed by atoms with E-state index in [-0.39, 0.29) is 24.1 Å². The molecule has 9 heteroatoms. The number of ether oxygens (including phenoxy) is 1. The summed E-state index contributed by atoms with van der Waals surface area (Å²) in [5.74, 6) is -0.0432. The van der Waals surface area contributed by atoms with Crippen LogP contribution in [0, 0.1) is 0 Å². The zero-order chi connectivity index (χ0) is 22.2. The lowest BCUT2D eigenvalue weighted by atomic mass is 10.1. The van der Waals surface area contributed by atoms with E-state index < -0.39 is 27.8 Å². The summed E-state index contributed by atoms with van der Waals surface area (Å²) in [5.41, 5.74) is 2.31. The van der Waals surface area contributed by atoms with Gasteiger partial charge in [-0.3, -0.25) is 9.69 Å². The molecule has 0 spiro atoms. The van der Waals surface area contributed by atoms with E-state index >= 15 is 0 Å². The number of hydrogen-bond donors (Lipinski definition) is 1. The summed E-state index contributed by atoms with van der Waals surface area (Å²) in [6, 6.07) is 13.0. The standard InChI is InChI=1S/C22H25N3O5S/c1-3-15-7-9-17(10-8-15)25-20-14-31(28,29)13-19(20)24(22(25)27)12-21(26)23-16-5-4-6-18(11-16)30-2/h4-11,19-20H,3,12-14H2,1-2H3,(H,23,26)/t19-,20+/m1/s1. The number of anilines is 2. The van der Waals surface area contributed by atoms with Gasteiger partial charge >= 0.3 is 6.03 Å². The molecule has 0 bridgehead atoms. The van der Waals surface area contributed by atoms with Crippen molar-refractivity contribution in [3.8, 4) is 5.75 Å². The highest BCUT2D eigenvalue weighted by Gasteiger charge is 2.54. The van der Waals surface area contributed by atoms with Crippen LogP contribution < -0.4 is 15.0 Å². The van der Waals surface area contributed by atoms with Gasteiger partial charge in [0.05, 0.1) is 30.7 Å². The van der Waals surface area contributed by atoms with Crippen molar-refractivity contribution in [2.75, 3.05) is 35.4 Å². The number of benzene rings is 2. The van der Waals surface area contributed by atoms with E-state index in [0.29, 0.717) is 17.1 Å². The lowest BCUT2D eigenvalue weighted by molar-refractivity contribution is -0.116. The fraction of sp³-hybridized carbons (Fsp3) is 0.364. The van der Waals surface area contributed by atoms with E-state index in [1.807, 2.05) is 31.2 Å². The molecule has 2 aliphatic rings. The summed E-state index contributed by atoms with van der Waals surface area (Å²) in [5, 5.41) is 2.75. The molecule has 1 N–H and O–H groups in total. The number of urea groups is 1. The predicted octanol–water partition coefficient (Wildman–Crippen LogP) is 2.30. The van der Waals surface area contributed by atoms with Crippen LogP contribution in [0.2, 0.25) is 0 Å². The van der Waals surface area contributed by atoms with E-state index in [9.17, 15) is 18.0 Å². The Bertz CT molecular complexity index is 1100. The Hall–Kier alpha value is -3.07. The summed E-state index contributed by atoms with van der Waals surface area (Å²) < 4.78 is 29.8. The fourth-order valence-electron chi connectivity index (χ4n) is 4.21. The van der Waals surface area contributed by atoms with Crippen molar-refractivity contribution in [2.24, 2.45) is 0 Å². The van der Waals surface area contributed by atoms with E-state index in [2.05, 4.69) is 5.32 Å². The monoisotopic (exact) mass is 443 g/mol. The molecule has 0 aromatic heterocycles. The van der Waals surface area contributed by atoms with Gasteiger partial charge in [-0.25, -0.2) is 13.2 Å². The van der Waals surface area contributed by atoms with Gasteiger partial charge in [-0.15, -0.1) is 0 Å². The minimum absolute atomic E-state index is 0.104. The largest absolute Gasteiger partial charge is 0.497 e. The number of carbonyl (C=O) groups is 2. The number of nitrogens with zero attached hydrogens (tertiary/aromatic N) is 2. The second-order valence-corrected chi connectivity index (χ2v) is 9.95. The van der Waals surface area contributed by atoms with Crippen LogP contribution in [0.25, 0.3) is 0 Å². The lowest BCUT2D eigenvalue weighted by Gasteiger charge is -2.22. The molecular weight excluding hydrogens is 418 g/mol. The second kappa shape index (κ2) is 8.22. The molecule has 2 saturated heterocycles. The van der Waals surface area contributed by atoms with Crippen LogP contribution in [0.5, 0.6) is 5.75 Å². The van der Waals surface area contributed by atoms with E-state index in [1.165, 1.54) is 16.9 Å². The van der Waals surface area contributed by atoms with Crippen LogP contribution in [-0.2, 0) is 21.1 Å². The quantitative estimate of drug-likeness (QED) is 0.691. The molecule has 2 aliphatic heterocycles. The molecule has 164 valence electrons. The van der Waals surface area contributed by atoms with Crippen molar-refractivity contribution >= 4 is 33.2 Å². The Labute approximate surface area is 181 Å². The Balaban J connectivity index is 1.56. The first-order valence-electron chi connectivity index (χ1n) is 10.1. The number of carbonyl (C=O) groups excluding carboxylic acids is 2. The average molecular weight is 444 g/mol. The minimum atomic E-state index is -3.30. The molecule has 0 unspecified atom stereocenters. The minimum Gasteiger partial charge on any atom is -0.497 e. The topological polar surface area (TPSA) is 96.0 Å². The molecule has 0 aliphatic carbocycles. The number of methoxy groups -OCH3 is 1. The first kappa shape index (κ1) is 21.2. The summed E-state index contributed by atoms with van der Waals surface area (Å²) in [7, 11) is -1.77. The number of hydrogen-bond acceptors (Lipinski definition) is 5. The number of amides is 3. The predicted molar refractivity (Wildman–Crippen MR) is 118 cm³/mol. The van der Waals surface area contributed by atoms with Crippen LogP contribution >= 0.6 is 0 Å². The molecule has 2 aromatic rings. The van der Waals surface area contributed by atoms with Crippen molar-refractivity contribution in [2.45, 2.75) is 25.4 Å². The highest BCUT2D eigenvalue weighted by molar-refractivity contribution is 7.91. The molecule has 8 nitrogen and oxygen atoms in total. The molecule has 31 heavy (non-hydrogen) atoms. The van der Waals surface area contributed by atoms with Crippen LogP contribution in [0.15, 0.2) is 48.5 Å². The molecule has 2 fully saturated rings. The summed E-state index contributed by atoms with van der Waals surface area (Å²) >= 11 is 0.